The molecule has 2 aromatic rings. The summed E-state index contributed by atoms with van der Waals surface area (Å²) in [6, 6.07) is 9.96. The Morgan fingerprint density at radius 1 is 1.36 bits per heavy atom. The first-order valence-corrected chi connectivity index (χ1v) is 8.83. The van der Waals surface area contributed by atoms with Crippen molar-refractivity contribution in [1.29, 1.82) is 0 Å². The van der Waals surface area contributed by atoms with Crippen LogP contribution in [0.15, 0.2) is 30.3 Å². The molecule has 0 spiro atoms. The number of hydrogen-bond donors (Lipinski definition) is 1. The van der Waals surface area contributed by atoms with Gasteiger partial charge in [-0.05, 0) is 56.3 Å². The highest BCUT2D eigenvalue weighted by Gasteiger charge is 2.24. The Morgan fingerprint density at radius 3 is 2.80 bits per heavy atom. The van der Waals surface area contributed by atoms with E-state index in [0.717, 1.165) is 36.5 Å². The van der Waals surface area contributed by atoms with Crippen molar-refractivity contribution in [2.24, 2.45) is 7.05 Å². The maximum Gasteiger partial charge on any atom is 0.269 e. The molecule has 0 aliphatic carbocycles. The Hall–Kier alpha value is -2.34. The van der Waals surface area contributed by atoms with Crippen LogP contribution < -0.4 is 10.1 Å². The Morgan fingerprint density at radius 2 is 2.12 bits per heavy atom. The summed E-state index contributed by atoms with van der Waals surface area (Å²) in [6.07, 6.45) is 2.36. The third-order valence-corrected chi connectivity index (χ3v) is 4.90. The Bertz CT molecular complexity index is 724. The van der Waals surface area contributed by atoms with Crippen molar-refractivity contribution in [1.82, 2.24) is 20.0 Å². The molecule has 3 rings (SSSR count). The highest BCUT2D eigenvalue weighted by molar-refractivity contribution is 5.93. The largest absolute Gasteiger partial charge is 0.497 e. The molecule has 134 valence electrons. The normalized spacial score (nSPS) is 17.6. The third-order valence-electron chi connectivity index (χ3n) is 4.90. The SMILES string of the molecule is CCN1CCC[C@H]1CNC(=O)c1cc(-c2ccc(OC)cc2)nn1C. The zero-order valence-electron chi connectivity index (χ0n) is 15.2. The van der Waals surface area contributed by atoms with Crippen molar-refractivity contribution in [3.63, 3.8) is 0 Å². The van der Waals surface area contributed by atoms with Gasteiger partial charge in [-0.25, -0.2) is 0 Å². The van der Waals surface area contributed by atoms with Crippen molar-refractivity contribution in [2.75, 3.05) is 26.7 Å². The number of carbonyl (C=O) groups excluding carboxylic acids is 1. The fourth-order valence-corrected chi connectivity index (χ4v) is 3.43. The minimum Gasteiger partial charge on any atom is -0.497 e. The number of hydrogen-bond acceptors (Lipinski definition) is 4. The van der Waals surface area contributed by atoms with Crippen molar-refractivity contribution in [3.05, 3.63) is 36.0 Å². The maximum atomic E-state index is 12.6. The second-order valence-electron chi connectivity index (χ2n) is 6.40. The van der Waals surface area contributed by atoms with Gasteiger partial charge in [-0.1, -0.05) is 6.92 Å². The van der Waals surface area contributed by atoms with Gasteiger partial charge in [-0.3, -0.25) is 14.4 Å². The summed E-state index contributed by atoms with van der Waals surface area (Å²) in [5, 5.41) is 7.54. The van der Waals surface area contributed by atoms with Crippen LogP contribution >= 0.6 is 0 Å². The molecule has 1 aromatic carbocycles. The van der Waals surface area contributed by atoms with Crippen LogP contribution in [0.5, 0.6) is 5.75 Å². The molecule has 1 amide bonds. The fraction of sp³-hybridized carbons (Fsp3) is 0.474. The minimum absolute atomic E-state index is 0.0716. The van der Waals surface area contributed by atoms with E-state index in [1.54, 1.807) is 18.8 Å². The lowest BCUT2D eigenvalue weighted by Crippen LogP contribution is -2.40. The molecule has 1 aliphatic rings. The molecule has 1 saturated heterocycles. The van der Waals surface area contributed by atoms with Crippen LogP contribution in [0.4, 0.5) is 0 Å². The van der Waals surface area contributed by atoms with Crippen LogP contribution in [0.1, 0.15) is 30.3 Å². The first-order valence-electron chi connectivity index (χ1n) is 8.83. The van der Waals surface area contributed by atoms with E-state index in [2.05, 4.69) is 22.2 Å². The van der Waals surface area contributed by atoms with E-state index < -0.39 is 0 Å². The second kappa shape index (κ2) is 7.70. The number of likely N-dealkylation sites (tertiary alicyclic amines) is 1. The lowest BCUT2D eigenvalue weighted by atomic mass is 10.1. The van der Waals surface area contributed by atoms with Gasteiger partial charge in [0.05, 0.1) is 12.8 Å². The van der Waals surface area contributed by atoms with Crippen molar-refractivity contribution in [3.8, 4) is 17.0 Å². The highest BCUT2D eigenvalue weighted by Crippen LogP contribution is 2.22. The predicted molar refractivity (Wildman–Crippen MR) is 97.8 cm³/mol. The van der Waals surface area contributed by atoms with Crippen molar-refractivity contribution >= 4 is 5.91 Å². The number of aryl methyl sites for hydroxylation is 1. The first kappa shape index (κ1) is 17.5. The van der Waals surface area contributed by atoms with E-state index in [0.29, 0.717) is 18.3 Å². The Kier molecular flexibility index (Phi) is 5.38. The van der Waals surface area contributed by atoms with Gasteiger partial charge < -0.3 is 10.1 Å². The molecule has 6 heteroatoms. The summed E-state index contributed by atoms with van der Waals surface area (Å²) in [4.78, 5) is 15.0. The molecule has 0 saturated carbocycles. The average molecular weight is 342 g/mol. The minimum atomic E-state index is -0.0716. The van der Waals surface area contributed by atoms with Crippen LogP contribution in [0, 0.1) is 0 Å². The van der Waals surface area contributed by atoms with E-state index >= 15 is 0 Å². The second-order valence-corrected chi connectivity index (χ2v) is 6.40. The topological polar surface area (TPSA) is 59.4 Å². The number of aromatic nitrogens is 2. The smallest absolute Gasteiger partial charge is 0.269 e. The van der Waals surface area contributed by atoms with Gasteiger partial charge in [0.1, 0.15) is 11.4 Å². The van der Waals surface area contributed by atoms with Crippen LogP contribution in [0.3, 0.4) is 0 Å². The van der Waals surface area contributed by atoms with Gasteiger partial charge >= 0.3 is 0 Å². The molecular weight excluding hydrogens is 316 g/mol. The number of nitrogens with zero attached hydrogens (tertiary/aromatic N) is 3. The molecule has 0 radical (unpaired) electrons. The van der Waals surface area contributed by atoms with Crippen LogP contribution in [-0.4, -0.2) is 53.4 Å². The van der Waals surface area contributed by atoms with Gasteiger partial charge in [0.25, 0.3) is 5.91 Å². The molecule has 2 heterocycles. The standard InChI is InChI=1S/C19H26N4O2/c1-4-23-11-5-6-15(23)13-20-19(24)18-12-17(21-22(18)2)14-7-9-16(25-3)10-8-14/h7-10,12,15H,4-6,11,13H2,1-3H3,(H,20,24)/t15-/m0/s1. The third kappa shape index (κ3) is 3.85. The number of carbonyl (C=O) groups is 1. The predicted octanol–water partition coefficient (Wildman–Crippen LogP) is 2.31. The number of ether oxygens (including phenoxy) is 1. The Labute approximate surface area is 148 Å². The molecule has 1 N–H and O–H groups in total. The van der Waals surface area contributed by atoms with Gasteiger partial charge in [-0.2, -0.15) is 5.10 Å². The quantitative estimate of drug-likeness (QED) is 0.875. The highest BCUT2D eigenvalue weighted by atomic mass is 16.5. The van der Waals surface area contributed by atoms with Crippen LogP contribution in [0.2, 0.25) is 0 Å². The zero-order chi connectivity index (χ0) is 17.8. The number of methoxy groups -OCH3 is 1. The summed E-state index contributed by atoms with van der Waals surface area (Å²) >= 11 is 0. The number of amides is 1. The number of likely N-dealkylation sites (N-methyl/N-ethyl adjacent to an activating group) is 1. The molecule has 1 atom stereocenters. The molecular formula is C19H26N4O2. The summed E-state index contributed by atoms with van der Waals surface area (Å²) in [7, 11) is 3.44. The Balaban J connectivity index is 1.67. The summed E-state index contributed by atoms with van der Waals surface area (Å²) in [5.41, 5.74) is 2.32. The van der Waals surface area contributed by atoms with Crippen LogP contribution in [-0.2, 0) is 7.05 Å². The fourth-order valence-electron chi connectivity index (χ4n) is 3.43. The molecule has 0 unspecified atom stereocenters. The van der Waals surface area contributed by atoms with E-state index in [1.807, 2.05) is 30.3 Å². The maximum absolute atomic E-state index is 12.6. The van der Waals surface area contributed by atoms with Gasteiger partial charge in [-0.15, -0.1) is 0 Å². The average Bonchev–Trinajstić information content (AvgIpc) is 3.25. The van der Waals surface area contributed by atoms with E-state index in [-0.39, 0.29) is 5.91 Å². The van der Waals surface area contributed by atoms with Crippen molar-refractivity contribution < 1.29 is 9.53 Å². The van der Waals surface area contributed by atoms with Gasteiger partial charge in [0.15, 0.2) is 0 Å². The number of benzene rings is 1. The van der Waals surface area contributed by atoms with E-state index in [1.165, 1.54) is 6.42 Å². The molecule has 6 nitrogen and oxygen atoms in total. The van der Waals surface area contributed by atoms with Crippen LogP contribution in [0.25, 0.3) is 11.3 Å². The first-order chi connectivity index (χ1) is 12.1. The summed E-state index contributed by atoms with van der Waals surface area (Å²) in [5.74, 6) is 0.729. The lowest BCUT2D eigenvalue weighted by molar-refractivity contribution is 0.0932. The van der Waals surface area contributed by atoms with Gasteiger partial charge in [0, 0.05) is 25.2 Å². The number of nitrogens with one attached hydrogen (secondary N) is 1. The van der Waals surface area contributed by atoms with E-state index in [4.69, 9.17) is 4.74 Å². The lowest BCUT2D eigenvalue weighted by Gasteiger charge is -2.22. The molecule has 0 bridgehead atoms. The van der Waals surface area contributed by atoms with E-state index in [9.17, 15) is 4.79 Å². The molecule has 25 heavy (non-hydrogen) atoms. The van der Waals surface area contributed by atoms with Gasteiger partial charge in [0.2, 0.25) is 0 Å². The monoisotopic (exact) mass is 342 g/mol. The molecule has 1 fully saturated rings. The molecule has 1 aromatic heterocycles. The molecule has 1 aliphatic heterocycles. The number of rotatable bonds is 6. The summed E-state index contributed by atoms with van der Waals surface area (Å²) in [6.45, 7) is 5.02. The zero-order valence-corrected chi connectivity index (χ0v) is 15.2. The summed E-state index contributed by atoms with van der Waals surface area (Å²) < 4.78 is 6.82. The van der Waals surface area contributed by atoms with Crippen molar-refractivity contribution in [2.45, 2.75) is 25.8 Å².